The lowest BCUT2D eigenvalue weighted by molar-refractivity contribution is -0.137. The first-order valence-corrected chi connectivity index (χ1v) is 8.50. The van der Waals surface area contributed by atoms with Crippen LogP contribution in [0.4, 0.5) is 13.2 Å². The van der Waals surface area contributed by atoms with E-state index in [1.54, 1.807) is 6.07 Å². The topological polar surface area (TPSA) is 92.4 Å². The second-order valence-corrected chi connectivity index (χ2v) is 6.61. The zero-order valence-corrected chi connectivity index (χ0v) is 15.4. The molecule has 4 N–H and O–H groups in total. The molecule has 8 heteroatoms. The summed E-state index contributed by atoms with van der Waals surface area (Å²) in [5, 5.41) is 12.5. The van der Waals surface area contributed by atoms with Gasteiger partial charge in [-0.2, -0.15) is 13.2 Å². The lowest BCUT2D eigenvalue weighted by Gasteiger charge is -2.19. The van der Waals surface area contributed by atoms with Crippen molar-refractivity contribution in [2.45, 2.75) is 38.6 Å². The first kappa shape index (κ1) is 21.4. The predicted molar refractivity (Wildman–Crippen MR) is 97.1 cm³/mol. The largest absolute Gasteiger partial charge is 0.416 e. The number of aliphatic hydroxyl groups is 1. The van der Waals surface area contributed by atoms with Gasteiger partial charge in [0.15, 0.2) is 6.10 Å². The van der Waals surface area contributed by atoms with E-state index in [0.29, 0.717) is 0 Å². The number of nitrogens with one attached hydrogen (secondary N) is 1. The van der Waals surface area contributed by atoms with Gasteiger partial charge in [-0.15, -0.1) is 0 Å². The van der Waals surface area contributed by atoms with Crippen molar-refractivity contribution >= 4 is 11.8 Å². The fraction of sp³-hybridized carbons (Fsp3) is 0.300. The molecule has 0 saturated heterocycles. The standard InChI is InChI=1S/C20H21F3N2O3/c1-11-3-4-13(9-12(11)2)10-16(18(24)27)25-19(28)17(26)14-5-7-15(8-6-14)20(21,22)23/h3-9,16-17,26H,10H2,1-2H3,(H2,24,27)(H,25,28)/t16-,17-/m1/s1. The smallest absolute Gasteiger partial charge is 0.378 e. The predicted octanol–water partition coefficient (Wildman–Crippen LogP) is 2.57. The third-order valence-corrected chi connectivity index (χ3v) is 4.47. The van der Waals surface area contributed by atoms with E-state index < -0.39 is 35.7 Å². The summed E-state index contributed by atoms with van der Waals surface area (Å²) in [6.07, 6.45) is -6.12. The highest BCUT2D eigenvalue weighted by Gasteiger charge is 2.31. The summed E-state index contributed by atoms with van der Waals surface area (Å²) in [5.74, 6) is -1.71. The van der Waals surface area contributed by atoms with Crippen molar-refractivity contribution in [1.29, 1.82) is 0 Å². The first-order valence-electron chi connectivity index (χ1n) is 8.50. The van der Waals surface area contributed by atoms with E-state index >= 15 is 0 Å². The molecule has 2 aromatic rings. The Balaban J connectivity index is 2.10. The quantitative estimate of drug-likeness (QED) is 0.703. The zero-order chi connectivity index (χ0) is 21.1. The number of nitrogens with two attached hydrogens (primary N) is 1. The number of carbonyl (C=O) groups excluding carboxylic acids is 2. The van der Waals surface area contributed by atoms with Crippen LogP contribution in [0.3, 0.4) is 0 Å². The molecule has 5 nitrogen and oxygen atoms in total. The van der Waals surface area contributed by atoms with Crippen LogP contribution < -0.4 is 11.1 Å². The molecule has 0 aliphatic rings. The molecule has 0 fully saturated rings. The van der Waals surface area contributed by atoms with Crippen LogP contribution in [0.15, 0.2) is 42.5 Å². The number of halogens is 3. The van der Waals surface area contributed by atoms with Gasteiger partial charge in [-0.3, -0.25) is 9.59 Å². The maximum absolute atomic E-state index is 12.6. The number of aliphatic hydroxyl groups excluding tert-OH is 1. The second kappa shape index (κ2) is 8.43. The van der Waals surface area contributed by atoms with Crippen LogP contribution >= 0.6 is 0 Å². The number of carbonyl (C=O) groups is 2. The molecule has 0 saturated carbocycles. The number of benzene rings is 2. The molecular weight excluding hydrogens is 373 g/mol. The Morgan fingerprint density at radius 2 is 1.68 bits per heavy atom. The molecule has 0 spiro atoms. The van der Waals surface area contributed by atoms with Gasteiger partial charge in [-0.05, 0) is 48.2 Å². The molecule has 0 unspecified atom stereocenters. The minimum Gasteiger partial charge on any atom is -0.378 e. The fourth-order valence-corrected chi connectivity index (χ4v) is 2.65. The first-order chi connectivity index (χ1) is 13.0. The van der Waals surface area contributed by atoms with E-state index in [2.05, 4.69) is 5.32 Å². The number of rotatable bonds is 6. The second-order valence-electron chi connectivity index (χ2n) is 6.61. The molecule has 150 valence electrons. The van der Waals surface area contributed by atoms with Crippen molar-refractivity contribution in [2.24, 2.45) is 5.73 Å². The van der Waals surface area contributed by atoms with Crippen LogP contribution in [0.1, 0.15) is 33.9 Å². The Bertz CT molecular complexity index is 864. The number of primary amides is 1. The normalized spacial score (nSPS) is 13.6. The number of aryl methyl sites for hydroxylation is 2. The maximum atomic E-state index is 12.6. The minimum atomic E-state index is -4.52. The zero-order valence-electron chi connectivity index (χ0n) is 15.4. The van der Waals surface area contributed by atoms with Gasteiger partial charge in [-0.25, -0.2) is 0 Å². The molecule has 0 bridgehead atoms. The molecule has 2 atom stereocenters. The Hall–Kier alpha value is -2.87. The average Bonchev–Trinajstić information content (AvgIpc) is 2.62. The Morgan fingerprint density at radius 1 is 1.07 bits per heavy atom. The third kappa shape index (κ3) is 5.32. The van der Waals surface area contributed by atoms with Gasteiger partial charge in [0, 0.05) is 6.42 Å². The molecule has 2 aromatic carbocycles. The number of alkyl halides is 3. The van der Waals surface area contributed by atoms with Crippen molar-refractivity contribution in [1.82, 2.24) is 5.32 Å². The van der Waals surface area contributed by atoms with Gasteiger partial charge >= 0.3 is 6.18 Å². The van der Waals surface area contributed by atoms with Crippen LogP contribution in [-0.2, 0) is 22.2 Å². The van der Waals surface area contributed by atoms with E-state index in [1.165, 1.54) is 0 Å². The summed E-state index contributed by atoms with van der Waals surface area (Å²) in [5.41, 5.74) is 7.28. The summed E-state index contributed by atoms with van der Waals surface area (Å²) in [6, 6.07) is 8.03. The van der Waals surface area contributed by atoms with Crippen LogP contribution in [-0.4, -0.2) is 23.0 Å². The Labute approximate surface area is 160 Å². The fourth-order valence-electron chi connectivity index (χ4n) is 2.65. The van der Waals surface area contributed by atoms with E-state index in [1.807, 2.05) is 26.0 Å². The van der Waals surface area contributed by atoms with Gasteiger partial charge in [0.25, 0.3) is 5.91 Å². The minimum absolute atomic E-state index is 0.0279. The molecule has 0 aliphatic heterocycles. The molecule has 0 radical (unpaired) electrons. The van der Waals surface area contributed by atoms with Gasteiger partial charge < -0.3 is 16.2 Å². The van der Waals surface area contributed by atoms with E-state index in [0.717, 1.165) is 41.0 Å². The molecule has 2 rings (SSSR count). The molecule has 0 heterocycles. The van der Waals surface area contributed by atoms with E-state index in [4.69, 9.17) is 5.73 Å². The van der Waals surface area contributed by atoms with Crippen molar-refractivity contribution in [2.75, 3.05) is 0 Å². The van der Waals surface area contributed by atoms with E-state index in [9.17, 15) is 27.9 Å². The Morgan fingerprint density at radius 3 is 2.18 bits per heavy atom. The molecule has 0 aromatic heterocycles. The number of amides is 2. The van der Waals surface area contributed by atoms with Gasteiger partial charge in [0.05, 0.1) is 5.56 Å². The van der Waals surface area contributed by atoms with Crippen LogP contribution in [0.25, 0.3) is 0 Å². The van der Waals surface area contributed by atoms with E-state index in [-0.39, 0.29) is 12.0 Å². The van der Waals surface area contributed by atoms with Gasteiger partial charge in [0.1, 0.15) is 6.04 Å². The van der Waals surface area contributed by atoms with Crippen molar-refractivity contribution in [3.8, 4) is 0 Å². The van der Waals surface area contributed by atoms with Crippen LogP contribution in [0.2, 0.25) is 0 Å². The highest BCUT2D eigenvalue weighted by atomic mass is 19.4. The van der Waals surface area contributed by atoms with Gasteiger partial charge in [0.2, 0.25) is 5.91 Å². The van der Waals surface area contributed by atoms with Crippen molar-refractivity contribution in [3.63, 3.8) is 0 Å². The number of hydrogen-bond donors (Lipinski definition) is 3. The average molecular weight is 394 g/mol. The molecule has 0 aliphatic carbocycles. The lowest BCUT2D eigenvalue weighted by atomic mass is 10.00. The molecule has 28 heavy (non-hydrogen) atoms. The Kier molecular flexibility index (Phi) is 6.45. The van der Waals surface area contributed by atoms with Crippen molar-refractivity contribution in [3.05, 3.63) is 70.3 Å². The van der Waals surface area contributed by atoms with Crippen molar-refractivity contribution < 1.29 is 27.9 Å². The van der Waals surface area contributed by atoms with Gasteiger partial charge in [-0.1, -0.05) is 30.3 Å². The third-order valence-electron chi connectivity index (χ3n) is 4.47. The van der Waals surface area contributed by atoms with Crippen LogP contribution in [0.5, 0.6) is 0 Å². The SMILES string of the molecule is Cc1ccc(C[C@@H](NC(=O)[C@H](O)c2ccc(C(F)(F)F)cc2)C(N)=O)cc1C. The highest BCUT2D eigenvalue weighted by molar-refractivity contribution is 5.89. The summed E-state index contributed by atoms with van der Waals surface area (Å²) in [4.78, 5) is 24.0. The molecular formula is C20H21F3N2O3. The summed E-state index contributed by atoms with van der Waals surface area (Å²) in [6.45, 7) is 3.85. The lowest BCUT2D eigenvalue weighted by Crippen LogP contribution is -2.47. The summed E-state index contributed by atoms with van der Waals surface area (Å²) < 4.78 is 37.8. The molecule has 2 amide bonds. The summed E-state index contributed by atoms with van der Waals surface area (Å²) in [7, 11) is 0. The maximum Gasteiger partial charge on any atom is 0.416 e. The monoisotopic (exact) mass is 394 g/mol. The highest BCUT2D eigenvalue weighted by Crippen LogP contribution is 2.30. The number of hydrogen-bond acceptors (Lipinski definition) is 3. The summed E-state index contributed by atoms with van der Waals surface area (Å²) >= 11 is 0. The van der Waals surface area contributed by atoms with Crippen LogP contribution in [0, 0.1) is 13.8 Å².